The molecule has 3 heteroatoms. The molecule has 0 aromatic carbocycles. The highest BCUT2D eigenvalue weighted by atomic mass is 16.5. The van der Waals surface area contributed by atoms with Gasteiger partial charge in [0.15, 0.2) is 0 Å². The molecule has 0 amide bonds. The van der Waals surface area contributed by atoms with Crippen molar-refractivity contribution >= 4 is 5.97 Å². The summed E-state index contributed by atoms with van der Waals surface area (Å²) in [6.07, 6.45) is 5.24. The molecule has 0 heterocycles. The summed E-state index contributed by atoms with van der Waals surface area (Å²) in [6.45, 7) is 6.35. The van der Waals surface area contributed by atoms with Crippen LogP contribution in [0.25, 0.3) is 0 Å². The van der Waals surface area contributed by atoms with E-state index < -0.39 is 6.04 Å². The van der Waals surface area contributed by atoms with Crippen molar-refractivity contribution in [2.24, 2.45) is 17.6 Å². The molecule has 94 valence electrons. The van der Waals surface area contributed by atoms with Gasteiger partial charge in [0, 0.05) is 0 Å². The Balaban J connectivity index is 2.32. The zero-order valence-corrected chi connectivity index (χ0v) is 10.7. The molecule has 1 rings (SSSR count). The normalized spacial score (nSPS) is 27.8. The molecule has 0 aromatic heterocycles. The minimum absolute atomic E-state index is 0.106. The Morgan fingerprint density at radius 1 is 1.44 bits per heavy atom. The number of hydrogen-bond donors (Lipinski definition) is 1. The Labute approximate surface area is 98.7 Å². The van der Waals surface area contributed by atoms with Crippen molar-refractivity contribution in [1.82, 2.24) is 0 Å². The molecule has 1 aliphatic carbocycles. The molecule has 1 fully saturated rings. The van der Waals surface area contributed by atoms with E-state index in [4.69, 9.17) is 10.5 Å². The average Bonchev–Trinajstić information content (AvgIpc) is 2.16. The maximum atomic E-state index is 11.7. The summed E-state index contributed by atoms with van der Waals surface area (Å²) < 4.78 is 5.46. The summed E-state index contributed by atoms with van der Waals surface area (Å²) in [5.74, 6) is 0.897. The molecular weight excluding hydrogens is 202 g/mol. The zero-order valence-electron chi connectivity index (χ0n) is 10.7. The Morgan fingerprint density at radius 3 is 2.69 bits per heavy atom. The number of carbonyl (C=O) groups excluding carboxylic acids is 1. The molecule has 0 aromatic rings. The molecule has 3 atom stereocenters. The van der Waals surface area contributed by atoms with Gasteiger partial charge in [0.1, 0.15) is 12.1 Å². The molecule has 0 bridgehead atoms. The van der Waals surface area contributed by atoms with Crippen LogP contribution < -0.4 is 5.73 Å². The second kappa shape index (κ2) is 6.24. The van der Waals surface area contributed by atoms with Crippen molar-refractivity contribution in [1.29, 1.82) is 0 Å². The first-order chi connectivity index (χ1) is 7.49. The lowest BCUT2D eigenvalue weighted by Gasteiger charge is -2.27. The lowest BCUT2D eigenvalue weighted by molar-refractivity contribution is -0.153. The minimum Gasteiger partial charge on any atom is -0.461 e. The van der Waals surface area contributed by atoms with E-state index in [2.05, 4.69) is 20.8 Å². The predicted molar refractivity (Wildman–Crippen MR) is 64.9 cm³/mol. The van der Waals surface area contributed by atoms with E-state index in [-0.39, 0.29) is 12.1 Å². The summed E-state index contributed by atoms with van der Waals surface area (Å²) >= 11 is 0. The average molecular weight is 227 g/mol. The maximum Gasteiger partial charge on any atom is 0.323 e. The quantitative estimate of drug-likeness (QED) is 0.751. The van der Waals surface area contributed by atoms with Gasteiger partial charge < -0.3 is 10.5 Å². The molecular formula is C13H25NO2. The van der Waals surface area contributed by atoms with Gasteiger partial charge in [0.25, 0.3) is 0 Å². The van der Waals surface area contributed by atoms with E-state index in [1.165, 1.54) is 12.8 Å². The third-order valence-electron chi connectivity index (χ3n) is 3.20. The van der Waals surface area contributed by atoms with Gasteiger partial charge in [-0.2, -0.15) is 0 Å². The number of rotatable bonds is 4. The monoisotopic (exact) mass is 227 g/mol. The Morgan fingerprint density at radius 2 is 2.12 bits per heavy atom. The first-order valence-electron chi connectivity index (χ1n) is 6.45. The molecule has 1 saturated carbocycles. The van der Waals surface area contributed by atoms with Crippen molar-refractivity contribution in [3.63, 3.8) is 0 Å². The van der Waals surface area contributed by atoms with E-state index >= 15 is 0 Å². The highest BCUT2D eigenvalue weighted by Crippen LogP contribution is 2.26. The molecule has 2 N–H and O–H groups in total. The second-order valence-corrected chi connectivity index (χ2v) is 5.57. The zero-order chi connectivity index (χ0) is 12.1. The summed E-state index contributed by atoms with van der Waals surface area (Å²) in [5, 5.41) is 0. The van der Waals surface area contributed by atoms with Crippen molar-refractivity contribution in [2.75, 3.05) is 0 Å². The highest BCUT2D eigenvalue weighted by Gasteiger charge is 2.25. The van der Waals surface area contributed by atoms with Gasteiger partial charge in [-0.05, 0) is 37.5 Å². The van der Waals surface area contributed by atoms with Gasteiger partial charge in [-0.3, -0.25) is 4.79 Å². The molecule has 1 aliphatic rings. The van der Waals surface area contributed by atoms with Crippen LogP contribution in [-0.2, 0) is 9.53 Å². The lowest BCUT2D eigenvalue weighted by Crippen LogP contribution is -2.37. The van der Waals surface area contributed by atoms with Crippen LogP contribution in [0.15, 0.2) is 0 Å². The van der Waals surface area contributed by atoms with Crippen LogP contribution >= 0.6 is 0 Å². The third-order valence-corrected chi connectivity index (χ3v) is 3.20. The second-order valence-electron chi connectivity index (χ2n) is 5.57. The fourth-order valence-corrected chi connectivity index (χ4v) is 2.34. The molecule has 0 saturated heterocycles. The number of ether oxygens (including phenoxy) is 1. The molecule has 16 heavy (non-hydrogen) atoms. The summed E-state index contributed by atoms with van der Waals surface area (Å²) in [6, 6.07) is -0.447. The lowest BCUT2D eigenvalue weighted by atomic mass is 9.88. The van der Waals surface area contributed by atoms with Crippen molar-refractivity contribution < 1.29 is 9.53 Å². The van der Waals surface area contributed by atoms with Crippen LogP contribution in [0.5, 0.6) is 0 Å². The van der Waals surface area contributed by atoms with Crippen LogP contribution in [-0.4, -0.2) is 18.1 Å². The van der Waals surface area contributed by atoms with Crippen LogP contribution in [0.3, 0.4) is 0 Å². The van der Waals surface area contributed by atoms with Crippen molar-refractivity contribution in [2.45, 2.75) is 65.0 Å². The van der Waals surface area contributed by atoms with E-state index in [1.807, 2.05) is 0 Å². The van der Waals surface area contributed by atoms with Gasteiger partial charge >= 0.3 is 5.97 Å². The fourth-order valence-electron chi connectivity index (χ4n) is 2.34. The fraction of sp³-hybridized carbons (Fsp3) is 0.923. The summed E-state index contributed by atoms with van der Waals surface area (Å²) in [7, 11) is 0. The van der Waals surface area contributed by atoms with Gasteiger partial charge in [0.05, 0.1) is 0 Å². The van der Waals surface area contributed by atoms with Gasteiger partial charge in [-0.1, -0.05) is 27.2 Å². The van der Waals surface area contributed by atoms with Gasteiger partial charge in [-0.15, -0.1) is 0 Å². The van der Waals surface area contributed by atoms with Crippen LogP contribution in [0.4, 0.5) is 0 Å². The van der Waals surface area contributed by atoms with E-state index in [9.17, 15) is 4.79 Å². The number of esters is 1. The Bertz CT molecular complexity index is 228. The smallest absolute Gasteiger partial charge is 0.323 e. The van der Waals surface area contributed by atoms with E-state index in [0.717, 1.165) is 12.8 Å². The van der Waals surface area contributed by atoms with E-state index in [1.54, 1.807) is 0 Å². The molecule has 0 radical (unpaired) electrons. The van der Waals surface area contributed by atoms with Crippen LogP contribution in [0.2, 0.25) is 0 Å². The number of carbonyl (C=O) groups is 1. The van der Waals surface area contributed by atoms with Crippen LogP contribution in [0, 0.1) is 11.8 Å². The third kappa shape index (κ3) is 4.52. The topological polar surface area (TPSA) is 52.3 Å². The van der Waals surface area contributed by atoms with Crippen molar-refractivity contribution in [3.05, 3.63) is 0 Å². The largest absolute Gasteiger partial charge is 0.461 e. The Hall–Kier alpha value is -0.570. The van der Waals surface area contributed by atoms with Crippen LogP contribution in [0.1, 0.15) is 52.9 Å². The molecule has 0 spiro atoms. The molecule has 3 nitrogen and oxygen atoms in total. The molecule has 2 unspecified atom stereocenters. The van der Waals surface area contributed by atoms with E-state index in [0.29, 0.717) is 18.3 Å². The highest BCUT2D eigenvalue weighted by molar-refractivity contribution is 5.75. The SMILES string of the molecule is CC(C)C[C@H](N)C(=O)OC1CCCC(C)C1. The maximum absolute atomic E-state index is 11.7. The number of hydrogen-bond acceptors (Lipinski definition) is 3. The molecule has 0 aliphatic heterocycles. The van der Waals surface area contributed by atoms with Gasteiger partial charge in [0.2, 0.25) is 0 Å². The summed E-state index contributed by atoms with van der Waals surface area (Å²) in [5.41, 5.74) is 5.80. The standard InChI is InChI=1S/C13H25NO2/c1-9(2)7-12(14)13(15)16-11-6-4-5-10(3)8-11/h9-12H,4-8,14H2,1-3H3/t10?,11?,12-/m0/s1. The predicted octanol–water partition coefficient (Wildman–Crippen LogP) is 2.48. The minimum atomic E-state index is -0.447. The van der Waals surface area contributed by atoms with Gasteiger partial charge in [-0.25, -0.2) is 0 Å². The first-order valence-corrected chi connectivity index (χ1v) is 6.45. The Kier molecular flexibility index (Phi) is 5.26. The summed E-state index contributed by atoms with van der Waals surface area (Å²) in [4.78, 5) is 11.7. The number of nitrogens with two attached hydrogens (primary N) is 1. The first kappa shape index (κ1) is 13.5. The van der Waals surface area contributed by atoms with Crippen molar-refractivity contribution in [3.8, 4) is 0 Å².